The predicted molar refractivity (Wildman–Crippen MR) is 199 cm³/mol. The van der Waals surface area contributed by atoms with Gasteiger partial charge in [-0.25, -0.2) is 19.5 Å². The number of nitrogens with zero attached hydrogens (tertiary/aromatic N) is 4. The van der Waals surface area contributed by atoms with Gasteiger partial charge in [0.25, 0.3) is 0 Å². The molecular formula is C41H49N4OSi+. The molecule has 6 rings (SSSR count). The summed E-state index contributed by atoms with van der Waals surface area (Å²) < 4.78 is 68.6. The molecule has 0 fully saturated rings. The average molecular weight is 649 g/mol. The second-order valence-electron chi connectivity index (χ2n) is 15.8. The first-order valence-electron chi connectivity index (χ1n) is 19.6. The summed E-state index contributed by atoms with van der Waals surface area (Å²) in [4.78, 5) is 14.6. The molecule has 3 aromatic carbocycles. The van der Waals surface area contributed by atoms with Gasteiger partial charge in [-0.15, -0.1) is 0 Å². The normalized spacial score (nSPS) is 15.5. The van der Waals surface area contributed by atoms with E-state index in [2.05, 4.69) is 61.2 Å². The molecule has 0 N–H and O–H groups in total. The fourth-order valence-electron chi connectivity index (χ4n) is 5.83. The van der Waals surface area contributed by atoms with Crippen molar-refractivity contribution in [2.75, 3.05) is 0 Å². The second kappa shape index (κ2) is 11.2. The Labute approximate surface area is 291 Å². The Bertz CT molecular complexity index is 2430. The van der Waals surface area contributed by atoms with Gasteiger partial charge in [-0.1, -0.05) is 103 Å². The number of hydrogen-bond acceptors (Lipinski definition) is 4. The van der Waals surface area contributed by atoms with Gasteiger partial charge in [-0.05, 0) is 55.0 Å². The van der Waals surface area contributed by atoms with Gasteiger partial charge >= 0.3 is 0 Å². The molecule has 3 heterocycles. The van der Waals surface area contributed by atoms with Crippen LogP contribution in [0.25, 0.3) is 55.7 Å². The zero-order chi connectivity index (χ0) is 40.1. The molecule has 0 saturated carbocycles. The third-order valence-corrected chi connectivity index (χ3v) is 10.7. The first kappa shape index (κ1) is 24.9. The van der Waals surface area contributed by atoms with Crippen molar-refractivity contribution in [3.8, 4) is 33.8 Å². The zero-order valence-corrected chi connectivity index (χ0v) is 30.4. The number of rotatable bonds is 4. The fraction of sp³-hybridized carbons (Fsp3) is 0.366. The zero-order valence-electron chi connectivity index (χ0n) is 36.4. The maximum absolute atomic E-state index is 9.16. The van der Waals surface area contributed by atoms with Gasteiger partial charge in [-0.2, -0.15) is 0 Å². The Hall–Kier alpha value is -4.16. The third-order valence-electron chi connectivity index (χ3n) is 8.69. The number of furan rings is 1. The van der Waals surface area contributed by atoms with Crippen LogP contribution >= 0.6 is 0 Å². The third kappa shape index (κ3) is 6.04. The molecule has 0 aliphatic carbocycles. The molecule has 0 aliphatic rings. The Morgan fingerprint density at radius 3 is 2.04 bits per heavy atom. The minimum atomic E-state index is -2.59. The highest BCUT2D eigenvalue weighted by Crippen LogP contribution is 2.40. The van der Waals surface area contributed by atoms with Crippen LogP contribution in [0.1, 0.15) is 79.5 Å². The maximum Gasteiger partial charge on any atom is 0.216 e. The summed E-state index contributed by atoms with van der Waals surface area (Å²) in [6, 6.07) is 15.0. The summed E-state index contributed by atoms with van der Waals surface area (Å²) >= 11 is 0. The molecule has 0 unspecified atom stereocenters. The lowest BCUT2D eigenvalue weighted by Gasteiger charge is -2.22. The number of aromatic nitrogens is 4. The fourth-order valence-corrected chi connectivity index (χ4v) is 6.91. The SMILES string of the molecule is [2H]c1cc([Si](C)(C)C)cc(C([2H])([2H])[2H])c1-c1cc(-c2c(C)ccc3c2oc2cc(-c4nc(C(C)(C)C)nc(C(C)(C)C)n4)ccc23)[n+](C)cc1C([2H])([2H])[2H]. The Balaban J connectivity index is 1.63. The molecule has 0 spiro atoms. The summed E-state index contributed by atoms with van der Waals surface area (Å²) in [7, 11) is -0.261. The lowest BCUT2D eigenvalue weighted by molar-refractivity contribution is -0.660. The van der Waals surface area contributed by atoms with E-state index in [1.54, 1.807) is 29.8 Å². The van der Waals surface area contributed by atoms with Crippen LogP contribution in [0.3, 0.4) is 0 Å². The van der Waals surface area contributed by atoms with E-state index >= 15 is 0 Å². The van der Waals surface area contributed by atoms with Crippen LogP contribution < -0.4 is 9.75 Å². The topological polar surface area (TPSA) is 55.7 Å². The monoisotopic (exact) mass is 648 g/mol. The standard InChI is InChI=1S/C41H49N4OSi/c1-24-14-17-31-30-18-15-27(37-42-38(40(4,5)6)44-39(43-37)41(7,8)9)21-34(30)46-36(31)35(24)33-22-32(26(3)23-45(33)10)29-19-16-28(20-25(29)2)47(11,12)13/h14-23H,1-13H3/q+1/i2D3,3D3,19D. The van der Waals surface area contributed by atoms with E-state index in [9.17, 15) is 0 Å². The van der Waals surface area contributed by atoms with Crippen molar-refractivity contribution in [3.05, 3.63) is 89.1 Å². The first-order valence-corrected chi connectivity index (χ1v) is 19.6. The van der Waals surface area contributed by atoms with Gasteiger partial charge in [0, 0.05) is 47.0 Å². The summed E-state index contributed by atoms with van der Waals surface area (Å²) in [5, 5.41) is 2.57. The van der Waals surface area contributed by atoms with Crippen LogP contribution in [0.2, 0.25) is 19.6 Å². The highest BCUT2D eigenvalue weighted by Gasteiger charge is 2.27. The second-order valence-corrected chi connectivity index (χ2v) is 20.9. The molecule has 0 atom stereocenters. The number of benzene rings is 3. The van der Waals surface area contributed by atoms with Gasteiger partial charge in [0.15, 0.2) is 12.0 Å². The summed E-state index contributed by atoms with van der Waals surface area (Å²) in [5.74, 6) is 1.97. The van der Waals surface area contributed by atoms with Crippen molar-refractivity contribution in [2.24, 2.45) is 7.05 Å². The van der Waals surface area contributed by atoms with Crippen molar-refractivity contribution < 1.29 is 18.6 Å². The summed E-state index contributed by atoms with van der Waals surface area (Å²) in [6.07, 6.45) is 1.53. The van der Waals surface area contributed by atoms with Crippen molar-refractivity contribution in [2.45, 2.75) is 92.6 Å². The molecule has 0 amide bonds. The van der Waals surface area contributed by atoms with Crippen LogP contribution in [0.5, 0.6) is 0 Å². The van der Waals surface area contributed by atoms with Gasteiger partial charge < -0.3 is 4.42 Å². The summed E-state index contributed by atoms with van der Waals surface area (Å²) in [6.45, 7) is 15.6. The molecule has 0 saturated heterocycles. The van der Waals surface area contributed by atoms with Crippen LogP contribution in [-0.2, 0) is 17.9 Å². The van der Waals surface area contributed by atoms with Gasteiger partial charge in [0.05, 0.1) is 15.0 Å². The van der Waals surface area contributed by atoms with E-state index < -0.39 is 21.8 Å². The van der Waals surface area contributed by atoms with Crippen molar-refractivity contribution in [1.82, 2.24) is 15.0 Å². The number of aryl methyl sites for hydroxylation is 4. The molecular weight excluding hydrogens is 593 g/mol. The van der Waals surface area contributed by atoms with Gasteiger partial charge in [0.1, 0.15) is 29.9 Å². The minimum Gasteiger partial charge on any atom is -0.455 e. The molecule has 0 radical (unpaired) electrons. The van der Waals surface area contributed by atoms with Crippen LogP contribution in [-0.4, -0.2) is 23.0 Å². The number of fused-ring (bicyclic) bond motifs is 3. The molecule has 6 heteroatoms. The van der Waals surface area contributed by atoms with E-state index in [1.807, 2.05) is 37.3 Å². The van der Waals surface area contributed by atoms with Crippen LogP contribution in [0, 0.1) is 20.6 Å². The molecule has 5 nitrogen and oxygen atoms in total. The van der Waals surface area contributed by atoms with E-state index in [0.29, 0.717) is 34.3 Å². The Morgan fingerprint density at radius 2 is 1.43 bits per heavy atom. The molecule has 0 bridgehead atoms. The van der Waals surface area contributed by atoms with Crippen molar-refractivity contribution in [3.63, 3.8) is 0 Å². The van der Waals surface area contributed by atoms with E-state index in [1.165, 1.54) is 6.20 Å². The molecule has 242 valence electrons. The van der Waals surface area contributed by atoms with Crippen LogP contribution in [0.15, 0.2) is 65.2 Å². The maximum atomic E-state index is 9.16. The Morgan fingerprint density at radius 1 is 0.766 bits per heavy atom. The van der Waals surface area contributed by atoms with Crippen molar-refractivity contribution in [1.29, 1.82) is 0 Å². The lowest BCUT2D eigenvalue weighted by atomic mass is 9.93. The van der Waals surface area contributed by atoms with E-state index in [-0.39, 0.29) is 39.1 Å². The summed E-state index contributed by atoms with van der Waals surface area (Å²) in [5.41, 5.74) is 3.90. The predicted octanol–water partition coefficient (Wildman–Crippen LogP) is 9.66. The first-order chi connectivity index (χ1) is 24.7. The van der Waals surface area contributed by atoms with Crippen LogP contribution in [0.4, 0.5) is 0 Å². The number of hydrogen-bond donors (Lipinski definition) is 0. The molecule has 47 heavy (non-hydrogen) atoms. The Kier molecular flexibility index (Phi) is 5.96. The van der Waals surface area contributed by atoms with E-state index in [4.69, 9.17) is 29.0 Å². The van der Waals surface area contributed by atoms with E-state index in [0.717, 1.165) is 32.6 Å². The smallest absolute Gasteiger partial charge is 0.216 e. The number of pyridine rings is 1. The van der Waals surface area contributed by atoms with Gasteiger partial charge in [0.2, 0.25) is 5.69 Å². The molecule has 6 aromatic rings. The average Bonchev–Trinajstić information content (AvgIpc) is 3.40. The molecule has 0 aliphatic heterocycles. The lowest BCUT2D eigenvalue weighted by Crippen LogP contribution is -2.37. The quantitative estimate of drug-likeness (QED) is 0.141. The van der Waals surface area contributed by atoms with Crippen molar-refractivity contribution >= 4 is 35.2 Å². The highest BCUT2D eigenvalue weighted by molar-refractivity contribution is 6.88. The highest BCUT2D eigenvalue weighted by atomic mass is 28.3. The van der Waals surface area contributed by atoms with Gasteiger partial charge in [-0.3, -0.25) is 0 Å². The largest absolute Gasteiger partial charge is 0.455 e. The minimum absolute atomic E-state index is 0.0138. The molecule has 3 aromatic heterocycles.